The minimum atomic E-state index is -0.0960. The summed E-state index contributed by atoms with van der Waals surface area (Å²) in [7, 11) is 1.93. The van der Waals surface area contributed by atoms with Crippen molar-refractivity contribution in [1.82, 2.24) is 19.7 Å². The number of hydrogen-bond acceptors (Lipinski definition) is 4. The molecule has 0 spiro atoms. The Morgan fingerprint density at radius 3 is 2.75 bits per heavy atom. The van der Waals surface area contributed by atoms with Gasteiger partial charge in [-0.2, -0.15) is 5.10 Å². The second-order valence-electron chi connectivity index (χ2n) is 8.51. The summed E-state index contributed by atoms with van der Waals surface area (Å²) in [6.07, 6.45) is 5.33. The normalized spacial score (nSPS) is 19.9. The summed E-state index contributed by atoms with van der Waals surface area (Å²) in [6, 6.07) is 10.9. The molecular weight excluding hydrogens is 447 g/mol. The average molecular weight is 467 g/mol. The van der Waals surface area contributed by atoms with Gasteiger partial charge in [0.15, 0.2) is 11.3 Å². The molecule has 6 nitrogen and oxygen atoms in total. The Hall–Kier alpha value is -2.83. The summed E-state index contributed by atoms with van der Waals surface area (Å²) >= 11 is 12.6. The lowest BCUT2D eigenvalue weighted by atomic mass is 9.81. The molecule has 6 rings (SSSR count). The highest BCUT2D eigenvalue weighted by molar-refractivity contribution is 6.35. The molecule has 5 heterocycles. The van der Waals surface area contributed by atoms with E-state index >= 15 is 0 Å². The van der Waals surface area contributed by atoms with E-state index < -0.39 is 0 Å². The van der Waals surface area contributed by atoms with Crippen LogP contribution in [0.15, 0.2) is 47.0 Å². The quantitative estimate of drug-likeness (QED) is 0.372. The number of hydrogen-bond donors (Lipinski definition) is 0. The maximum Gasteiger partial charge on any atom is 0.290 e. The maximum absolute atomic E-state index is 13.6. The van der Waals surface area contributed by atoms with Crippen LogP contribution in [0, 0.1) is 0 Å². The number of amides is 1. The first-order chi connectivity index (χ1) is 15.5. The Morgan fingerprint density at radius 1 is 1.16 bits per heavy atom. The highest BCUT2D eigenvalue weighted by atomic mass is 35.5. The zero-order chi connectivity index (χ0) is 22.0. The lowest BCUT2D eigenvalue weighted by molar-refractivity contribution is 0.0363. The van der Waals surface area contributed by atoms with Crippen LogP contribution in [0.2, 0.25) is 10.0 Å². The molecule has 4 aromatic rings. The van der Waals surface area contributed by atoms with E-state index in [2.05, 4.69) is 4.98 Å². The number of carbonyl (C=O) groups excluding carboxylic acids is 1. The first-order valence-corrected chi connectivity index (χ1v) is 11.4. The Labute approximate surface area is 194 Å². The fraction of sp³-hybridized carbons (Fsp3) is 0.292. The van der Waals surface area contributed by atoms with Gasteiger partial charge >= 0.3 is 0 Å². The summed E-state index contributed by atoms with van der Waals surface area (Å²) in [5.74, 6) is 0.234. The molecule has 1 saturated heterocycles. The highest BCUT2D eigenvalue weighted by Crippen LogP contribution is 2.45. The fourth-order valence-corrected chi connectivity index (χ4v) is 5.83. The lowest BCUT2D eigenvalue weighted by Gasteiger charge is -2.45. The predicted molar refractivity (Wildman–Crippen MR) is 123 cm³/mol. The minimum Gasteiger partial charge on any atom is -0.449 e. The molecule has 1 fully saturated rings. The van der Waals surface area contributed by atoms with Gasteiger partial charge in [-0.1, -0.05) is 23.2 Å². The third-order valence-electron chi connectivity index (χ3n) is 6.54. The molecule has 0 saturated carbocycles. The Morgan fingerprint density at radius 2 is 1.97 bits per heavy atom. The van der Waals surface area contributed by atoms with E-state index in [1.165, 1.54) is 5.56 Å². The molecule has 3 aromatic heterocycles. The summed E-state index contributed by atoms with van der Waals surface area (Å²) < 4.78 is 7.74. The number of aromatic nitrogens is 3. The van der Waals surface area contributed by atoms with Crippen LogP contribution in [-0.2, 0) is 13.5 Å². The Bertz CT molecular complexity index is 1320. The highest BCUT2D eigenvalue weighted by Gasteiger charge is 2.44. The van der Waals surface area contributed by atoms with Crippen LogP contribution in [0.3, 0.4) is 0 Å². The standard InChI is InChI=1S/C24H20Cl2N4O2/c1-29-23(13-8-14(25)10-15(26)9-13)17-11-16-4-2-5-19(22(17)28-29)30(16)24(31)21-12-18-20(32-21)6-3-7-27-18/h3,6-10,12,16,19H,2,4-5,11H2,1H3. The van der Waals surface area contributed by atoms with E-state index in [0.29, 0.717) is 26.9 Å². The topological polar surface area (TPSA) is 64.2 Å². The summed E-state index contributed by atoms with van der Waals surface area (Å²) in [5.41, 5.74) is 5.41. The number of pyridine rings is 1. The molecule has 0 aliphatic carbocycles. The number of piperidine rings is 1. The molecule has 2 unspecified atom stereocenters. The number of carbonyl (C=O) groups is 1. The van der Waals surface area contributed by atoms with Gasteiger partial charge in [0, 0.05) is 46.5 Å². The number of aryl methyl sites for hydroxylation is 1. The molecule has 2 bridgehead atoms. The Balaban J connectivity index is 1.43. The molecule has 8 heteroatoms. The SMILES string of the molecule is Cn1nc2c(c1-c1cc(Cl)cc(Cl)c1)CC1CCCC2N1C(=O)c1cc2ncccc2o1. The molecule has 0 N–H and O–H groups in total. The van der Waals surface area contributed by atoms with Gasteiger partial charge in [0.25, 0.3) is 5.91 Å². The number of nitrogens with zero attached hydrogens (tertiary/aromatic N) is 4. The monoisotopic (exact) mass is 466 g/mol. The zero-order valence-corrected chi connectivity index (χ0v) is 18.9. The summed E-state index contributed by atoms with van der Waals surface area (Å²) in [5, 5.41) is 6.05. The van der Waals surface area contributed by atoms with E-state index in [4.69, 9.17) is 32.7 Å². The lowest BCUT2D eigenvalue weighted by Crippen LogP contribution is -2.49. The van der Waals surface area contributed by atoms with Gasteiger partial charge in [0.2, 0.25) is 0 Å². The maximum atomic E-state index is 13.6. The second-order valence-corrected chi connectivity index (χ2v) is 9.38. The van der Waals surface area contributed by atoms with Gasteiger partial charge < -0.3 is 9.32 Å². The zero-order valence-electron chi connectivity index (χ0n) is 17.4. The van der Waals surface area contributed by atoms with Gasteiger partial charge in [-0.25, -0.2) is 0 Å². The van der Waals surface area contributed by atoms with Crippen molar-refractivity contribution in [2.24, 2.45) is 7.05 Å². The van der Waals surface area contributed by atoms with Crippen LogP contribution in [0.5, 0.6) is 0 Å². The first kappa shape index (κ1) is 19.8. The smallest absolute Gasteiger partial charge is 0.290 e. The number of benzene rings is 1. The van der Waals surface area contributed by atoms with Gasteiger partial charge in [-0.05, 0) is 56.0 Å². The van der Waals surface area contributed by atoms with Crippen molar-refractivity contribution in [3.8, 4) is 11.3 Å². The largest absolute Gasteiger partial charge is 0.449 e. The van der Waals surface area contributed by atoms with Crippen molar-refractivity contribution in [2.45, 2.75) is 37.8 Å². The average Bonchev–Trinajstić information content (AvgIpc) is 3.33. The third kappa shape index (κ3) is 3.05. The molecule has 2 aliphatic heterocycles. The molecule has 1 amide bonds. The third-order valence-corrected chi connectivity index (χ3v) is 6.98. The van der Waals surface area contributed by atoms with Crippen LogP contribution < -0.4 is 0 Å². The number of fused-ring (bicyclic) bond motifs is 5. The summed E-state index contributed by atoms with van der Waals surface area (Å²) in [4.78, 5) is 19.9. The summed E-state index contributed by atoms with van der Waals surface area (Å²) in [6.45, 7) is 0. The van der Waals surface area contributed by atoms with Crippen molar-refractivity contribution in [3.63, 3.8) is 0 Å². The van der Waals surface area contributed by atoms with Crippen LogP contribution in [0.1, 0.15) is 47.1 Å². The van der Waals surface area contributed by atoms with E-state index in [0.717, 1.165) is 42.6 Å². The van der Waals surface area contributed by atoms with Gasteiger partial charge in [0.1, 0.15) is 5.52 Å². The van der Waals surface area contributed by atoms with Gasteiger partial charge in [0.05, 0.1) is 17.4 Å². The van der Waals surface area contributed by atoms with E-state index in [1.54, 1.807) is 24.4 Å². The first-order valence-electron chi connectivity index (χ1n) is 10.7. The van der Waals surface area contributed by atoms with Crippen molar-refractivity contribution < 1.29 is 9.21 Å². The number of halogens is 2. The van der Waals surface area contributed by atoms with Crippen molar-refractivity contribution in [2.75, 3.05) is 0 Å². The molecule has 162 valence electrons. The molecule has 2 atom stereocenters. The molecular formula is C24H20Cl2N4O2. The van der Waals surface area contributed by atoms with Crippen LogP contribution >= 0.6 is 23.2 Å². The van der Waals surface area contributed by atoms with Crippen molar-refractivity contribution >= 4 is 40.2 Å². The molecule has 1 aromatic carbocycles. The minimum absolute atomic E-state index is 0.0826. The van der Waals surface area contributed by atoms with Gasteiger partial charge in [-0.15, -0.1) is 0 Å². The van der Waals surface area contributed by atoms with Crippen LogP contribution in [-0.4, -0.2) is 31.6 Å². The molecule has 32 heavy (non-hydrogen) atoms. The van der Waals surface area contributed by atoms with Crippen molar-refractivity contribution in [1.29, 1.82) is 0 Å². The van der Waals surface area contributed by atoms with Crippen molar-refractivity contribution in [3.05, 3.63) is 69.7 Å². The Kier molecular flexibility index (Phi) is 4.56. The van der Waals surface area contributed by atoms with Crippen LogP contribution in [0.25, 0.3) is 22.4 Å². The van der Waals surface area contributed by atoms with E-state index in [-0.39, 0.29) is 18.0 Å². The number of furan rings is 1. The van der Waals surface area contributed by atoms with E-state index in [1.807, 2.05) is 34.8 Å². The fourth-order valence-electron chi connectivity index (χ4n) is 5.30. The predicted octanol–water partition coefficient (Wildman–Crippen LogP) is 5.83. The van der Waals surface area contributed by atoms with Crippen LogP contribution in [0.4, 0.5) is 0 Å². The molecule has 2 aliphatic rings. The van der Waals surface area contributed by atoms with Gasteiger partial charge in [-0.3, -0.25) is 14.5 Å². The van der Waals surface area contributed by atoms with E-state index in [9.17, 15) is 4.79 Å². The number of rotatable bonds is 2. The second kappa shape index (κ2) is 7.36. The molecule has 0 radical (unpaired) electrons.